The molecule has 1 fully saturated rings. The molecule has 4 nitrogen and oxygen atoms in total. The maximum Gasteiger partial charge on any atom is 0.339 e. The Labute approximate surface area is 119 Å². The van der Waals surface area contributed by atoms with Crippen molar-refractivity contribution in [2.45, 2.75) is 57.9 Å². The van der Waals surface area contributed by atoms with Crippen LogP contribution in [0.25, 0.3) is 0 Å². The zero-order valence-electron chi connectivity index (χ0n) is 12.2. The van der Waals surface area contributed by atoms with E-state index >= 15 is 0 Å². The topological polar surface area (TPSA) is 62.2 Å². The molecule has 1 heterocycles. The zero-order valence-corrected chi connectivity index (χ0v) is 12.2. The predicted molar refractivity (Wildman–Crippen MR) is 78.3 cm³/mol. The van der Waals surface area contributed by atoms with Gasteiger partial charge in [0.05, 0.1) is 0 Å². The first kappa shape index (κ1) is 13.4. The van der Waals surface area contributed by atoms with E-state index < -0.39 is 5.97 Å². The number of aryl methyl sites for hydroxylation is 2. The number of hydrogen-bond acceptors (Lipinski definition) is 3. The molecule has 0 saturated heterocycles. The average molecular weight is 274 g/mol. The van der Waals surface area contributed by atoms with Crippen LogP contribution in [-0.4, -0.2) is 21.6 Å². The summed E-state index contributed by atoms with van der Waals surface area (Å²) in [5.41, 5.74) is 2.43. The molecule has 1 saturated carbocycles. The highest BCUT2D eigenvalue weighted by molar-refractivity contribution is 5.93. The second-order valence-corrected chi connectivity index (χ2v) is 6.62. The molecule has 4 heteroatoms. The van der Waals surface area contributed by atoms with E-state index in [1.54, 1.807) is 0 Å². The Morgan fingerprint density at radius 3 is 2.70 bits per heavy atom. The first-order chi connectivity index (χ1) is 9.47. The molecule has 108 valence electrons. The van der Waals surface area contributed by atoms with E-state index in [1.165, 1.54) is 12.8 Å². The molecule has 0 aromatic carbocycles. The summed E-state index contributed by atoms with van der Waals surface area (Å²) in [7, 11) is 0. The van der Waals surface area contributed by atoms with Crippen LogP contribution >= 0.6 is 0 Å². The lowest BCUT2D eigenvalue weighted by molar-refractivity contribution is 0.0697. The van der Waals surface area contributed by atoms with Gasteiger partial charge < -0.3 is 10.4 Å². The van der Waals surface area contributed by atoms with E-state index in [0.717, 1.165) is 36.9 Å². The van der Waals surface area contributed by atoms with Crippen LogP contribution < -0.4 is 5.32 Å². The summed E-state index contributed by atoms with van der Waals surface area (Å²) in [6.45, 7) is 4.27. The summed E-state index contributed by atoms with van der Waals surface area (Å²) < 4.78 is 0. The third kappa shape index (κ3) is 2.51. The fraction of sp³-hybridized carbons (Fsp3) is 0.625. The molecular weight excluding hydrogens is 252 g/mol. The van der Waals surface area contributed by atoms with E-state index in [1.807, 2.05) is 6.07 Å². The van der Waals surface area contributed by atoms with E-state index in [9.17, 15) is 9.90 Å². The van der Waals surface area contributed by atoms with Crippen LogP contribution in [0.3, 0.4) is 0 Å². The lowest BCUT2D eigenvalue weighted by Crippen LogP contribution is -2.34. The normalized spacial score (nSPS) is 18.5. The molecule has 2 aliphatic carbocycles. The molecule has 0 bridgehead atoms. The lowest BCUT2D eigenvalue weighted by atomic mass is 9.94. The number of carboxylic acid groups (broad SMARTS) is 1. The van der Waals surface area contributed by atoms with Crippen molar-refractivity contribution in [1.29, 1.82) is 0 Å². The van der Waals surface area contributed by atoms with Crippen molar-refractivity contribution in [1.82, 2.24) is 4.98 Å². The number of carboxylic acids is 1. The molecule has 1 aromatic heterocycles. The molecule has 0 atom stereocenters. The number of nitrogens with zero attached hydrogens (tertiary/aromatic N) is 1. The lowest BCUT2D eigenvalue weighted by Gasteiger charge is -2.28. The summed E-state index contributed by atoms with van der Waals surface area (Å²) in [4.78, 5) is 16.1. The summed E-state index contributed by atoms with van der Waals surface area (Å²) >= 11 is 0. The molecule has 0 unspecified atom stereocenters. The van der Waals surface area contributed by atoms with Crippen LogP contribution in [0.4, 0.5) is 5.82 Å². The maximum absolute atomic E-state index is 11.5. The van der Waals surface area contributed by atoms with E-state index in [0.29, 0.717) is 17.3 Å². The number of fused-ring (bicyclic) bond motifs is 1. The van der Waals surface area contributed by atoms with Gasteiger partial charge in [0.15, 0.2) is 0 Å². The molecular formula is C16H22N2O2. The standard InChI is InChI=1S/C16H22N2O2/c1-16(2,11-7-8-11)18-14-12(15(19)20)9-10-5-3-4-6-13(10)17-14/h9,11H,3-8H2,1-2H3,(H,17,18)(H,19,20). The summed E-state index contributed by atoms with van der Waals surface area (Å²) in [5.74, 6) is 0.289. The van der Waals surface area contributed by atoms with Gasteiger partial charge >= 0.3 is 5.97 Å². The van der Waals surface area contributed by atoms with Crippen molar-refractivity contribution in [3.8, 4) is 0 Å². The minimum Gasteiger partial charge on any atom is -0.478 e. The van der Waals surface area contributed by atoms with Gasteiger partial charge in [0, 0.05) is 11.2 Å². The highest BCUT2D eigenvalue weighted by Gasteiger charge is 2.38. The van der Waals surface area contributed by atoms with Crippen LogP contribution in [0.15, 0.2) is 6.07 Å². The molecule has 2 aliphatic rings. The Hall–Kier alpha value is -1.58. The number of rotatable bonds is 4. The van der Waals surface area contributed by atoms with Crippen LogP contribution in [0, 0.1) is 5.92 Å². The summed E-state index contributed by atoms with van der Waals surface area (Å²) in [6.07, 6.45) is 6.63. The molecule has 20 heavy (non-hydrogen) atoms. The van der Waals surface area contributed by atoms with Crippen LogP contribution in [-0.2, 0) is 12.8 Å². The summed E-state index contributed by atoms with van der Waals surface area (Å²) in [6, 6.07) is 1.83. The van der Waals surface area contributed by atoms with Crippen molar-refractivity contribution < 1.29 is 9.90 Å². The predicted octanol–water partition coefficient (Wildman–Crippen LogP) is 3.26. The Bertz CT molecular complexity index is 548. The molecule has 0 amide bonds. The fourth-order valence-corrected chi connectivity index (χ4v) is 3.10. The fourth-order valence-electron chi connectivity index (χ4n) is 3.10. The number of pyridine rings is 1. The number of nitrogens with one attached hydrogen (secondary N) is 1. The molecule has 0 aliphatic heterocycles. The van der Waals surface area contributed by atoms with Crippen LogP contribution in [0.2, 0.25) is 0 Å². The van der Waals surface area contributed by atoms with Crippen molar-refractivity contribution in [3.63, 3.8) is 0 Å². The summed E-state index contributed by atoms with van der Waals surface area (Å²) in [5, 5.41) is 12.8. The van der Waals surface area contributed by atoms with Gasteiger partial charge in [-0.2, -0.15) is 0 Å². The highest BCUT2D eigenvalue weighted by Crippen LogP contribution is 2.41. The van der Waals surface area contributed by atoms with Gasteiger partial charge in [0.2, 0.25) is 0 Å². The SMILES string of the molecule is CC(C)(Nc1nc2c(cc1C(=O)O)CCCC2)C1CC1. The Morgan fingerprint density at radius 2 is 2.05 bits per heavy atom. The third-order valence-corrected chi connectivity index (χ3v) is 4.57. The molecule has 1 aromatic rings. The van der Waals surface area contributed by atoms with Gasteiger partial charge in [-0.15, -0.1) is 0 Å². The first-order valence-corrected chi connectivity index (χ1v) is 7.51. The molecule has 0 spiro atoms. The minimum absolute atomic E-state index is 0.0832. The van der Waals surface area contributed by atoms with Gasteiger partial charge in [-0.05, 0) is 69.9 Å². The van der Waals surface area contributed by atoms with Gasteiger partial charge in [-0.3, -0.25) is 0 Å². The minimum atomic E-state index is -0.889. The van der Waals surface area contributed by atoms with Crippen molar-refractivity contribution in [2.75, 3.05) is 5.32 Å². The highest BCUT2D eigenvalue weighted by atomic mass is 16.4. The second-order valence-electron chi connectivity index (χ2n) is 6.62. The van der Waals surface area contributed by atoms with Gasteiger partial charge in [-0.1, -0.05) is 0 Å². The van der Waals surface area contributed by atoms with Gasteiger partial charge in [0.1, 0.15) is 11.4 Å². The van der Waals surface area contributed by atoms with Crippen LogP contribution in [0.1, 0.15) is 61.1 Å². The Morgan fingerprint density at radius 1 is 1.35 bits per heavy atom. The van der Waals surface area contributed by atoms with Crippen LogP contribution in [0.5, 0.6) is 0 Å². The number of anilines is 1. The Balaban J connectivity index is 1.97. The Kier molecular flexibility index (Phi) is 3.19. The third-order valence-electron chi connectivity index (χ3n) is 4.57. The van der Waals surface area contributed by atoms with E-state index in [-0.39, 0.29) is 5.54 Å². The average Bonchev–Trinajstić information content (AvgIpc) is 3.21. The quantitative estimate of drug-likeness (QED) is 0.884. The zero-order chi connectivity index (χ0) is 14.3. The van der Waals surface area contributed by atoms with E-state index in [2.05, 4.69) is 24.1 Å². The number of hydrogen-bond donors (Lipinski definition) is 2. The van der Waals surface area contributed by atoms with Gasteiger partial charge in [-0.25, -0.2) is 9.78 Å². The number of carbonyl (C=O) groups is 1. The van der Waals surface area contributed by atoms with Crippen molar-refractivity contribution in [2.24, 2.45) is 5.92 Å². The second kappa shape index (κ2) is 4.76. The first-order valence-electron chi connectivity index (χ1n) is 7.51. The molecule has 2 N–H and O–H groups in total. The van der Waals surface area contributed by atoms with Crippen molar-refractivity contribution >= 4 is 11.8 Å². The number of aromatic carboxylic acids is 1. The monoisotopic (exact) mass is 274 g/mol. The smallest absolute Gasteiger partial charge is 0.339 e. The van der Waals surface area contributed by atoms with Gasteiger partial charge in [0.25, 0.3) is 0 Å². The van der Waals surface area contributed by atoms with E-state index in [4.69, 9.17) is 0 Å². The molecule has 0 radical (unpaired) electrons. The van der Waals surface area contributed by atoms with Crippen molar-refractivity contribution in [3.05, 3.63) is 22.9 Å². The molecule has 3 rings (SSSR count). The number of aromatic nitrogens is 1. The largest absolute Gasteiger partial charge is 0.478 e. The maximum atomic E-state index is 11.5.